The highest BCUT2D eigenvalue weighted by Gasteiger charge is 2.40. The third-order valence-electron chi connectivity index (χ3n) is 6.02. The summed E-state index contributed by atoms with van der Waals surface area (Å²) >= 11 is 0. The van der Waals surface area contributed by atoms with E-state index >= 15 is 0 Å². The summed E-state index contributed by atoms with van der Waals surface area (Å²) in [6.07, 6.45) is 0.126. The minimum Gasteiger partial charge on any atom is -0.409 e. The van der Waals surface area contributed by atoms with Gasteiger partial charge in [-0.2, -0.15) is 0 Å². The fraction of sp³-hybridized carbons (Fsp3) is 0.700. The fourth-order valence-electron chi connectivity index (χ4n) is 2.04. The first-order chi connectivity index (χ1) is 10.7. The molecule has 1 N–H and O–H groups in total. The molecule has 1 aromatic rings. The molecule has 138 valence electrons. The second kappa shape index (κ2) is 7.44. The van der Waals surface area contributed by atoms with Crippen LogP contribution in [0.4, 0.5) is 0 Å². The van der Waals surface area contributed by atoms with Crippen LogP contribution in [0, 0.1) is 0 Å². The Labute approximate surface area is 152 Å². The summed E-state index contributed by atoms with van der Waals surface area (Å²) in [5.74, 6) is 0. The van der Waals surface area contributed by atoms with Crippen LogP contribution in [0.3, 0.4) is 0 Å². The summed E-state index contributed by atoms with van der Waals surface area (Å²) in [6, 6.07) is 10.7. The van der Waals surface area contributed by atoms with Crippen molar-refractivity contribution in [3.8, 4) is 0 Å². The first-order valence-electron chi connectivity index (χ1n) is 9.15. The first kappa shape index (κ1) is 21.6. The Morgan fingerprint density at radius 2 is 1.38 bits per heavy atom. The first-order valence-corrected chi connectivity index (χ1v) is 15.1. The molecule has 0 amide bonds. The molecule has 1 atom stereocenters. The van der Waals surface area contributed by atoms with Gasteiger partial charge in [0.1, 0.15) is 8.24 Å². The SMILES string of the molecule is CC(C)(C)[Si](C)(C)NCC(O[Si](C)(C)C(C)(C)C)c1ccccc1. The number of hydrogen-bond acceptors (Lipinski definition) is 2. The monoisotopic (exact) mass is 365 g/mol. The molecule has 0 heterocycles. The molecule has 0 bridgehead atoms. The molecule has 2 nitrogen and oxygen atoms in total. The van der Waals surface area contributed by atoms with Crippen molar-refractivity contribution in [2.24, 2.45) is 0 Å². The lowest BCUT2D eigenvalue weighted by Crippen LogP contribution is -2.54. The maximum absolute atomic E-state index is 6.80. The lowest BCUT2D eigenvalue weighted by molar-refractivity contribution is 0.186. The van der Waals surface area contributed by atoms with Crippen LogP contribution in [0.15, 0.2) is 30.3 Å². The molecular formula is C20H39NOSi2. The minimum absolute atomic E-state index is 0.126. The molecular weight excluding hydrogens is 326 g/mol. The molecule has 0 saturated heterocycles. The van der Waals surface area contributed by atoms with Gasteiger partial charge in [0, 0.05) is 6.54 Å². The van der Waals surface area contributed by atoms with Crippen LogP contribution in [0.1, 0.15) is 53.2 Å². The van der Waals surface area contributed by atoms with Crippen LogP contribution >= 0.6 is 0 Å². The lowest BCUT2D eigenvalue weighted by atomic mass is 10.1. The van der Waals surface area contributed by atoms with Crippen LogP contribution in [-0.2, 0) is 4.43 Å². The van der Waals surface area contributed by atoms with E-state index in [4.69, 9.17) is 4.43 Å². The van der Waals surface area contributed by atoms with Gasteiger partial charge in [0.05, 0.1) is 6.10 Å². The van der Waals surface area contributed by atoms with Gasteiger partial charge in [0.25, 0.3) is 0 Å². The largest absolute Gasteiger partial charge is 0.409 e. The topological polar surface area (TPSA) is 21.3 Å². The molecule has 0 fully saturated rings. The number of benzene rings is 1. The summed E-state index contributed by atoms with van der Waals surface area (Å²) in [7, 11) is -3.35. The Morgan fingerprint density at radius 1 is 0.875 bits per heavy atom. The van der Waals surface area contributed by atoms with Gasteiger partial charge in [-0.25, -0.2) is 0 Å². The van der Waals surface area contributed by atoms with Crippen molar-refractivity contribution in [1.82, 2.24) is 4.98 Å². The van der Waals surface area contributed by atoms with Gasteiger partial charge in [-0.05, 0) is 28.7 Å². The third-order valence-corrected chi connectivity index (χ3v) is 15.3. The highest BCUT2D eigenvalue weighted by atomic mass is 28.4. The zero-order chi connectivity index (χ0) is 18.8. The maximum Gasteiger partial charge on any atom is 0.192 e. The van der Waals surface area contributed by atoms with Gasteiger partial charge in [0.2, 0.25) is 0 Å². The zero-order valence-corrected chi connectivity index (χ0v) is 19.6. The maximum atomic E-state index is 6.80. The van der Waals surface area contributed by atoms with Crippen LogP contribution in [-0.4, -0.2) is 23.1 Å². The standard InChI is InChI=1S/C20H39NOSi2/c1-19(2,3)23(7,8)21-16-18(17-14-12-11-13-15-17)22-24(9,10)20(4,5)6/h11-15,18,21H,16H2,1-10H3. The van der Waals surface area contributed by atoms with E-state index in [9.17, 15) is 0 Å². The van der Waals surface area contributed by atoms with E-state index in [0.29, 0.717) is 5.04 Å². The quantitative estimate of drug-likeness (QED) is 0.593. The Hall–Kier alpha value is -0.426. The van der Waals surface area contributed by atoms with Crippen LogP contribution < -0.4 is 4.98 Å². The van der Waals surface area contributed by atoms with E-state index in [2.05, 4.69) is 103 Å². The molecule has 1 aromatic carbocycles. The normalized spacial score (nSPS) is 15.4. The molecule has 0 aromatic heterocycles. The van der Waals surface area contributed by atoms with Gasteiger partial charge in [-0.1, -0.05) is 85.0 Å². The minimum atomic E-state index is -1.82. The predicted molar refractivity (Wildman–Crippen MR) is 113 cm³/mol. The molecule has 0 spiro atoms. The van der Waals surface area contributed by atoms with Crippen LogP contribution in [0.25, 0.3) is 0 Å². The summed E-state index contributed by atoms with van der Waals surface area (Å²) < 4.78 is 6.80. The molecule has 0 radical (unpaired) electrons. The van der Waals surface area contributed by atoms with E-state index in [0.717, 1.165) is 6.54 Å². The number of hydrogen-bond donors (Lipinski definition) is 1. The second-order valence-electron chi connectivity index (χ2n) is 10.0. The highest BCUT2D eigenvalue weighted by Crippen LogP contribution is 2.40. The van der Waals surface area contributed by atoms with Crippen LogP contribution in [0.5, 0.6) is 0 Å². The van der Waals surface area contributed by atoms with Crippen molar-refractivity contribution < 1.29 is 4.43 Å². The fourth-order valence-corrected chi connectivity index (χ4v) is 4.55. The summed E-state index contributed by atoms with van der Waals surface area (Å²) in [6.45, 7) is 24.4. The lowest BCUT2D eigenvalue weighted by Gasteiger charge is -2.42. The Balaban J connectivity index is 3.01. The molecule has 1 unspecified atom stereocenters. The Kier molecular flexibility index (Phi) is 6.70. The van der Waals surface area contributed by atoms with E-state index in [1.807, 2.05) is 0 Å². The highest BCUT2D eigenvalue weighted by molar-refractivity contribution is 6.77. The van der Waals surface area contributed by atoms with E-state index in [-0.39, 0.29) is 11.1 Å². The van der Waals surface area contributed by atoms with Gasteiger partial charge >= 0.3 is 0 Å². The molecule has 0 aliphatic heterocycles. The molecule has 0 saturated carbocycles. The van der Waals surface area contributed by atoms with Crippen molar-refractivity contribution in [2.75, 3.05) is 6.54 Å². The van der Waals surface area contributed by atoms with Gasteiger partial charge in [0.15, 0.2) is 8.32 Å². The van der Waals surface area contributed by atoms with Crippen molar-refractivity contribution in [1.29, 1.82) is 0 Å². The van der Waals surface area contributed by atoms with Gasteiger partial charge in [-0.3, -0.25) is 0 Å². The Morgan fingerprint density at radius 3 is 1.79 bits per heavy atom. The van der Waals surface area contributed by atoms with Crippen molar-refractivity contribution in [2.45, 2.75) is 83.9 Å². The van der Waals surface area contributed by atoms with E-state index < -0.39 is 16.6 Å². The van der Waals surface area contributed by atoms with E-state index in [1.165, 1.54) is 5.56 Å². The van der Waals surface area contributed by atoms with Crippen molar-refractivity contribution >= 4 is 16.6 Å². The predicted octanol–water partition coefficient (Wildman–Crippen LogP) is 6.34. The summed E-state index contributed by atoms with van der Waals surface area (Å²) in [4.78, 5) is 3.91. The molecule has 0 aliphatic carbocycles. The molecule has 4 heteroatoms. The molecule has 0 aliphatic rings. The average Bonchev–Trinajstić information content (AvgIpc) is 2.42. The van der Waals surface area contributed by atoms with E-state index in [1.54, 1.807) is 0 Å². The summed E-state index contributed by atoms with van der Waals surface area (Å²) in [5, 5.41) is 0.544. The van der Waals surface area contributed by atoms with Crippen LogP contribution in [0.2, 0.25) is 36.3 Å². The average molecular weight is 366 g/mol. The van der Waals surface area contributed by atoms with Crippen molar-refractivity contribution in [3.05, 3.63) is 35.9 Å². The smallest absolute Gasteiger partial charge is 0.192 e. The second-order valence-corrected chi connectivity index (χ2v) is 19.9. The molecule has 24 heavy (non-hydrogen) atoms. The molecule has 1 rings (SSSR count). The van der Waals surface area contributed by atoms with Crippen molar-refractivity contribution in [3.63, 3.8) is 0 Å². The number of nitrogens with one attached hydrogen (secondary N) is 1. The summed E-state index contributed by atoms with van der Waals surface area (Å²) in [5.41, 5.74) is 1.29. The Bertz CT molecular complexity index is 513. The third kappa shape index (κ3) is 5.55. The number of rotatable bonds is 6. The van der Waals surface area contributed by atoms with Gasteiger partial charge < -0.3 is 9.41 Å². The van der Waals surface area contributed by atoms with Gasteiger partial charge in [-0.15, -0.1) is 0 Å². The zero-order valence-electron chi connectivity index (χ0n) is 17.6.